The van der Waals surface area contributed by atoms with Crippen LogP contribution in [0, 0.1) is 0 Å². The van der Waals surface area contributed by atoms with Crippen molar-refractivity contribution in [2.24, 2.45) is 0 Å². The largest absolute Gasteiger partial charge is 0.355 e. The topological polar surface area (TPSA) is 41.9 Å². The van der Waals surface area contributed by atoms with Gasteiger partial charge in [0, 0.05) is 28.6 Å². The second kappa shape index (κ2) is 10.1. The quantitative estimate of drug-likeness (QED) is 0.267. The fraction of sp³-hybridized carbons (Fsp3) is 0.147. The summed E-state index contributed by atoms with van der Waals surface area (Å²) in [6, 6.07) is 27.4. The van der Waals surface area contributed by atoms with Gasteiger partial charge in [-0.25, -0.2) is 4.98 Å². The first-order chi connectivity index (χ1) is 18.7. The highest BCUT2D eigenvalue weighted by Crippen LogP contribution is 2.41. The molecule has 0 amide bonds. The van der Waals surface area contributed by atoms with E-state index in [1.165, 1.54) is 22.3 Å². The number of nitrogens with zero attached hydrogens (tertiary/aromatic N) is 2. The van der Waals surface area contributed by atoms with Crippen LogP contribution in [0.25, 0.3) is 22.4 Å². The Hall–Kier alpha value is -4.57. The van der Waals surface area contributed by atoms with E-state index >= 15 is 0 Å². The maximum atomic E-state index is 5.02. The SMILES string of the molecule is C/C=C\C=C(\C1=C2C=CC=C(N2)c2ccccc2C1C)C(C)Nc1nc2ccccc2n1-c1ccccc1. The molecule has 0 fully saturated rings. The molecule has 0 spiro atoms. The van der Waals surface area contributed by atoms with E-state index in [1.54, 1.807) is 0 Å². The van der Waals surface area contributed by atoms with Gasteiger partial charge in [-0.1, -0.05) is 85.8 Å². The van der Waals surface area contributed by atoms with Crippen molar-refractivity contribution in [1.82, 2.24) is 14.9 Å². The number of allylic oxidation sites excluding steroid dienone is 6. The summed E-state index contributed by atoms with van der Waals surface area (Å²) in [5.41, 5.74) is 10.5. The normalized spacial score (nSPS) is 17.7. The first kappa shape index (κ1) is 23.8. The second-order valence-corrected chi connectivity index (χ2v) is 9.81. The zero-order valence-corrected chi connectivity index (χ0v) is 22.0. The van der Waals surface area contributed by atoms with Crippen molar-refractivity contribution in [2.45, 2.75) is 32.7 Å². The molecule has 2 atom stereocenters. The first-order valence-electron chi connectivity index (χ1n) is 13.3. The Morgan fingerprint density at radius 2 is 1.76 bits per heavy atom. The Bertz CT molecular complexity index is 1650. The van der Waals surface area contributed by atoms with Crippen LogP contribution in [-0.2, 0) is 0 Å². The van der Waals surface area contributed by atoms with Crippen LogP contribution in [0.4, 0.5) is 5.95 Å². The van der Waals surface area contributed by atoms with Gasteiger partial charge in [0.25, 0.3) is 0 Å². The molecule has 0 radical (unpaired) electrons. The molecule has 4 aromatic rings. The molecular formula is C34H32N4. The van der Waals surface area contributed by atoms with Gasteiger partial charge in [-0.3, -0.25) is 4.57 Å². The number of rotatable bonds is 6. The fourth-order valence-electron chi connectivity index (χ4n) is 5.60. The third-order valence-electron chi connectivity index (χ3n) is 7.40. The van der Waals surface area contributed by atoms with Gasteiger partial charge in [0.1, 0.15) is 0 Å². The van der Waals surface area contributed by atoms with Gasteiger partial charge in [-0.2, -0.15) is 0 Å². The molecule has 2 aliphatic heterocycles. The monoisotopic (exact) mass is 496 g/mol. The van der Waals surface area contributed by atoms with Crippen LogP contribution in [0.2, 0.25) is 0 Å². The Balaban J connectivity index is 1.46. The molecule has 4 heteroatoms. The van der Waals surface area contributed by atoms with Gasteiger partial charge in [-0.05, 0) is 67.0 Å². The number of benzene rings is 3. The standard InChI is InChI=1S/C34H32N4/c1-4-5-16-27(33-23(2)26-17-9-10-18-28(26)29-20-13-21-31(33)36-29)24(3)35-34-37-30-19-11-12-22-32(30)38(34)25-14-7-6-8-15-25/h4-24,36H,1-3H3,(H,35,37)/b5-4-,27-16+. The Morgan fingerprint density at radius 3 is 2.61 bits per heavy atom. The van der Waals surface area contributed by atoms with Gasteiger partial charge in [-0.15, -0.1) is 0 Å². The number of anilines is 1. The van der Waals surface area contributed by atoms with E-state index < -0.39 is 0 Å². The Labute approximate surface area is 224 Å². The minimum absolute atomic E-state index is 0.00903. The Kier molecular flexibility index (Phi) is 6.30. The zero-order valence-electron chi connectivity index (χ0n) is 22.0. The number of fused-ring (bicyclic) bond motifs is 5. The van der Waals surface area contributed by atoms with Crippen molar-refractivity contribution in [3.05, 3.63) is 143 Å². The van der Waals surface area contributed by atoms with Crippen molar-refractivity contribution in [2.75, 3.05) is 5.32 Å². The summed E-state index contributed by atoms with van der Waals surface area (Å²) in [6.07, 6.45) is 13.0. The molecule has 2 aliphatic rings. The van der Waals surface area contributed by atoms with Crippen molar-refractivity contribution >= 4 is 22.7 Å². The van der Waals surface area contributed by atoms with Gasteiger partial charge in [0.05, 0.1) is 17.1 Å². The van der Waals surface area contributed by atoms with Crippen LogP contribution in [0.1, 0.15) is 37.8 Å². The number of para-hydroxylation sites is 3. The summed E-state index contributed by atoms with van der Waals surface area (Å²) >= 11 is 0. The minimum atomic E-state index is -0.00903. The molecule has 0 saturated heterocycles. The highest BCUT2D eigenvalue weighted by molar-refractivity contribution is 5.81. The summed E-state index contributed by atoms with van der Waals surface area (Å²) in [7, 11) is 0. The summed E-state index contributed by atoms with van der Waals surface area (Å²) in [5.74, 6) is 1.03. The van der Waals surface area contributed by atoms with Gasteiger partial charge in [0.15, 0.2) is 0 Å². The number of dihydropyridines is 1. The number of imidazole rings is 1. The summed E-state index contributed by atoms with van der Waals surface area (Å²) < 4.78 is 2.21. The number of hydrogen-bond donors (Lipinski definition) is 2. The van der Waals surface area contributed by atoms with Crippen LogP contribution in [0.15, 0.2) is 132 Å². The van der Waals surface area contributed by atoms with E-state index in [0.29, 0.717) is 0 Å². The maximum Gasteiger partial charge on any atom is 0.209 e. The molecule has 3 heterocycles. The van der Waals surface area contributed by atoms with Crippen molar-refractivity contribution in [1.29, 1.82) is 0 Å². The van der Waals surface area contributed by atoms with Crippen LogP contribution in [-0.4, -0.2) is 15.6 Å². The highest BCUT2D eigenvalue weighted by atomic mass is 15.2. The van der Waals surface area contributed by atoms with Crippen LogP contribution in [0.5, 0.6) is 0 Å². The lowest BCUT2D eigenvalue weighted by atomic mass is 9.82. The van der Waals surface area contributed by atoms with E-state index in [9.17, 15) is 0 Å². The summed E-state index contributed by atoms with van der Waals surface area (Å²) in [5, 5.41) is 7.52. The average molecular weight is 497 g/mol. The molecule has 2 unspecified atom stereocenters. The molecule has 2 N–H and O–H groups in total. The minimum Gasteiger partial charge on any atom is -0.355 e. The predicted octanol–water partition coefficient (Wildman–Crippen LogP) is 7.90. The summed E-state index contributed by atoms with van der Waals surface area (Å²) in [6.45, 7) is 6.60. The van der Waals surface area contributed by atoms with Crippen LogP contribution in [0.3, 0.4) is 0 Å². The molecule has 38 heavy (non-hydrogen) atoms. The van der Waals surface area contributed by atoms with Crippen molar-refractivity contribution in [3.8, 4) is 5.69 Å². The lowest BCUT2D eigenvalue weighted by molar-refractivity contribution is 0.819. The zero-order chi connectivity index (χ0) is 26.1. The number of hydrogen-bond acceptors (Lipinski definition) is 3. The van der Waals surface area contributed by atoms with Gasteiger partial charge in [0.2, 0.25) is 5.95 Å². The lowest BCUT2D eigenvalue weighted by Gasteiger charge is -2.27. The molecule has 4 nitrogen and oxygen atoms in total. The maximum absolute atomic E-state index is 5.02. The lowest BCUT2D eigenvalue weighted by Crippen LogP contribution is -2.25. The molecule has 3 aromatic carbocycles. The van der Waals surface area contributed by atoms with Crippen molar-refractivity contribution in [3.63, 3.8) is 0 Å². The predicted molar refractivity (Wildman–Crippen MR) is 159 cm³/mol. The first-order valence-corrected chi connectivity index (χ1v) is 13.3. The third-order valence-corrected chi connectivity index (χ3v) is 7.40. The smallest absolute Gasteiger partial charge is 0.209 e. The van der Waals surface area contributed by atoms with E-state index in [0.717, 1.165) is 34.1 Å². The highest BCUT2D eigenvalue weighted by Gasteiger charge is 2.29. The molecule has 6 rings (SSSR count). The van der Waals surface area contributed by atoms with Crippen LogP contribution >= 0.6 is 0 Å². The Morgan fingerprint density at radius 1 is 1.00 bits per heavy atom. The van der Waals surface area contributed by atoms with E-state index in [-0.39, 0.29) is 12.0 Å². The summed E-state index contributed by atoms with van der Waals surface area (Å²) in [4.78, 5) is 5.02. The fourth-order valence-corrected chi connectivity index (χ4v) is 5.60. The molecule has 1 aromatic heterocycles. The van der Waals surface area contributed by atoms with Gasteiger partial charge < -0.3 is 10.6 Å². The number of nitrogens with one attached hydrogen (secondary N) is 2. The molecular weight excluding hydrogens is 464 g/mol. The third kappa shape index (κ3) is 4.18. The second-order valence-electron chi connectivity index (χ2n) is 9.81. The molecule has 0 saturated carbocycles. The molecule has 2 bridgehead atoms. The van der Waals surface area contributed by atoms with Crippen LogP contribution < -0.4 is 10.6 Å². The van der Waals surface area contributed by atoms with E-state index in [1.807, 2.05) is 12.1 Å². The molecule has 0 aliphatic carbocycles. The molecule has 188 valence electrons. The van der Waals surface area contributed by atoms with Gasteiger partial charge >= 0.3 is 0 Å². The number of aromatic nitrogens is 2. The average Bonchev–Trinajstić information content (AvgIpc) is 3.29. The van der Waals surface area contributed by atoms with E-state index in [4.69, 9.17) is 4.98 Å². The van der Waals surface area contributed by atoms with E-state index in [2.05, 4.69) is 139 Å². The van der Waals surface area contributed by atoms with Crippen molar-refractivity contribution < 1.29 is 0 Å².